The van der Waals surface area contributed by atoms with E-state index in [4.69, 9.17) is 4.74 Å². The van der Waals surface area contributed by atoms with Gasteiger partial charge in [0.1, 0.15) is 15.9 Å². The zero-order chi connectivity index (χ0) is 11.4. The topological polar surface area (TPSA) is 27.1 Å². The van der Waals surface area contributed by atoms with Crippen molar-refractivity contribution in [3.8, 4) is 0 Å². The molecule has 0 spiro atoms. The number of rotatable bonds is 4. The van der Waals surface area contributed by atoms with E-state index in [1.807, 2.05) is 36.4 Å². The highest BCUT2D eigenvalue weighted by Gasteiger charge is 2.02. The van der Waals surface area contributed by atoms with Crippen LogP contribution >= 0.6 is 31.9 Å². The molecule has 0 bridgehead atoms. The lowest BCUT2D eigenvalue weighted by Gasteiger charge is -2.05. The van der Waals surface area contributed by atoms with Gasteiger partial charge >= 0.3 is 0 Å². The highest BCUT2D eigenvalue weighted by atomic mass is 79.9. The molecule has 2 rings (SSSR count). The molecule has 1 heterocycles. The second-order valence-electron chi connectivity index (χ2n) is 3.25. The van der Waals surface area contributed by atoms with Crippen LogP contribution in [0.3, 0.4) is 0 Å². The molecular weight excluding hydrogens is 336 g/mol. The van der Waals surface area contributed by atoms with E-state index in [1.165, 1.54) is 0 Å². The van der Waals surface area contributed by atoms with Gasteiger partial charge in [-0.3, -0.25) is 0 Å². The average molecular weight is 346 g/mol. The molecule has 0 unspecified atom stereocenters. The van der Waals surface area contributed by atoms with E-state index in [0.717, 1.165) is 14.8 Å². The van der Waals surface area contributed by atoms with Gasteiger partial charge in [0.15, 0.2) is 0 Å². The van der Waals surface area contributed by atoms with Gasteiger partial charge in [-0.1, -0.05) is 30.3 Å². The van der Waals surface area contributed by atoms with Gasteiger partial charge in [0.25, 0.3) is 0 Å². The minimum Gasteiger partial charge on any atom is -0.355 e. The number of hydrogen-bond donors (Lipinski definition) is 0. The van der Waals surface area contributed by atoms with Gasteiger partial charge in [-0.25, -0.2) is 4.68 Å². The van der Waals surface area contributed by atoms with E-state index in [9.17, 15) is 0 Å². The minimum atomic E-state index is 0.432. The van der Waals surface area contributed by atoms with E-state index in [0.29, 0.717) is 13.3 Å². The monoisotopic (exact) mass is 344 g/mol. The van der Waals surface area contributed by atoms with Crippen molar-refractivity contribution < 1.29 is 4.74 Å². The number of benzene rings is 1. The summed E-state index contributed by atoms with van der Waals surface area (Å²) in [7, 11) is 0. The highest BCUT2D eigenvalue weighted by molar-refractivity contribution is 9.11. The summed E-state index contributed by atoms with van der Waals surface area (Å²) in [6, 6.07) is 11.9. The number of aromatic nitrogens is 2. The summed E-state index contributed by atoms with van der Waals surface area (Å²) >= 11 is 6.70. The van der Waals surface area contributed by atoms with Crippen LogP contribution in [-0.2, 0) is 18.1 Å². The maximum atomic E-state index is 5.55. The third kappa shape index (κ3) is 3.17. The second kappa shape index (κ2) is 5.61. The van der Waals surface area contributed by atoms with Crippen LogP contribution in [0.5, 0.6) is 0 Å². The minimum absolute atomic E-state index is 0.432. The van der Waals surface area contributed by atoms with Crippen LogP contribution < -0.4 is 0 Å². The van der Waals surface area contributed by atoms with Gasteiger partial charge in [0, 0.05) is 6.07 Å². The Kier molecular flexibility index (Phi) is 4.15. The van der Waals surface area contributed by atoms with E-state index in [1.54, 1.807) is 4.68 Å². The molecule has 0 radical (unpaired) electrons. The Morgan fingerprint density at radius 1 is 1.19 bits per heavy atom. The summed E-state index contributed by atoms with van der Waals surface area (Å²) in [6.07, 6.45) is 0. The fourth-order valence-electron chi connectivity index (χ4n) is 1.28. The first-order valence-corrected chi connectivity index (χ1v) is 6.35. The Morgan fingerprint density at radius 2 is 1.94 bits per heavy atom. The molecule has 0 saturated carbocycles. The van der Waals surface area contributed by atoms with E-state index >= 15 is 0 Å². The Labute approximate surface area is 111 Å². The standard InChI is InChI=1S/C11H10Br2N2O/c12-10-6-11(13)15(14-10)8-16-7-9-4-2-1-3-5-9/h1-6H,7-8H2. The SMILES string of the molecule is Brc1cc(Br)n(COCc2ccccc2)n1. The lowest BCUT2D eigenvalue weighted by Crippen LogP contribution is -2.04. The van der Waals surface area contributed by atoms with Crippen LogP contribution in [0.2, 0.25) is 0 Å². The quantitative estimate of drug-likeness (QED) is 0.846. The summed E-state index contributed by atoms with van der Waals surface area (Å²) in [5.74, 6) is 0. The zero-order valence-electron chi connectivity index (χ0n) is 8.44. The van der Waals surface area contributed by atoms with Crippen molar-refractivity contribution in [3.05, 3.63) is 51.2 Å². The van der Waals surface area contributed by atoms with E-state index in [2.05, 4.69) is 37.0 Å². The highest BCUT2D eigenvalue weighted by Crippen LogP contribution is 2.16. The van der Waals surface area contributed by atoms with Crippen molar-refractivity contribution in [2.24, 2.45) is 0 Å². The van der Waals surface area contributed by atoms with Gasteiger partial charge in [-0.2, -0.15) is 5.10 Å². The van der Waals surface area contributed by atoms with Gasteiger partial charge in [-0.15, -0.1) is 0 Å². The Hall–Kier alpha value is -0.650. The molecule has 0 saturated heterocycles. The van der Waals surface area contributed by atoms with Crippen molar-refractivity contribution in [2.75, 3.05) is 0 Å². The molecule has 0 N–H and O–H groups in total. The molecule has 0 aliphatic heterocycles. The Balaban J connectivity index is 1.87. The number of nitrogens with zero attached hydrogens (tertiary/aromatic N) is 2. The molecule has 84 valence electrons. The van der Waals surface area contributed by atoms with Gasteiger partial charge in [-0.05, 0) is 37.4 Å². The first kappa shape index (κ1) is 11.8. The third-order valence-electron chi connectivity index (χ3n) is 2.03. The maximum absolute atomic E-state index is 5.55. The van der Waals surface area contributed by atoms with Crippen LogP contribution in [0.15, 0.2) is 45.6 Å². The lowest BCUT2D eigenvalue weighted by atomic mass is 10.2. The summed E-state index contributed by atoms with van der Waals surface area (Å²) in [4.78, 5) is 0. The molecule has 0 fully saturated rings. The smallest absolute Gasteiger partial charge is 0.141 e. The van der Waals surface area contributed by atoms with Crippen molar-refractivity contribution in [1.82, 2.24) is 9.78 Å². The van der Waals surface area contributed by atoms with Crippen LogP contribution in [0.4, 0.5) is 0 Å². The summed E-state index contributed by atoms with van der Waals surface area (Å²) in [6.45, 7) is 1.02. The van der Waals surface area contributed by atoms with Gasteiger partial charge < -0.3 is 4.74 Å². The fourth-order valence-corrected chi connectivity index (χ4v) is 2.39. The molecule has 2 aromatic rings. The normalized spacial score (nSPS) is 10.6. The largest absolute Gasteiger partial charge is 0.355 e. The predicted molar refractivity (Wildman–Crippen MR) is 68.9 cm³/mol. The van der Waals surface area contributed by atoms with E-state index in [-0.39, 0.29) is 0 Å². The molecule has 5 heteroatoms. The van der Waals surface area contributed by atoms with Crippen molar-refractivity contribution >= 4 is 31.9 Å². The molecule has 0 amide bonds. The maximum Gasteiger partial charge on any atom is 0.141 e. The molecule has 3 nitrogen and oxygen atoms in total. The molecule has 1 aromatic heterocycles. The number of halogens is 2. The average Bonchev–Trinajstić information content (AvgIpc) is 2.59. The molecule has 0 aliphatic carbocycles. The van der Waals surface area contributed by atoms with Crippen LogP contribution in [0, 0.1) is 0 Å². The molecular formula is C11H10Br2N2O. The Morgan fingerprint density at radius 3 is 2.56 bits per heavy atom. The van der Waals surface area contributed by atoms with Gasteiger partial charge in [0.05, 0.1) is 6.61 Å². The number of ether oxygens (including phenoxy) is 1. The molecule has 0 atom stereocenters. The van der Waals surface area contributed by atoms with Crippen LogP contribution in [-0.4, -0.2) is 9.78 Å². The predicted octanol–water partition coefficient (Wildman–Crippen LogP) is 3.58. The van der Waals surface area contributed by atoms with Crippen molar-refractivity contribution in [2.45, 2.75) is 13.3 Å². The molecule has 1 aromatic carbocycles. The first-order valence-electron chi connectivity index (χ1n) is 4.76. The van der Waals surface area contributed by atoms with Crippen molar-refractivity contribution in [3.63, 3.8) is 0 Å². The fraction of sp³-hybridized carbons (Fsp3) is 0.182. The summed E-state index contributed by atoms with van der Waals surface area (Å²) in [5.41, 5.74) is 1.16. The summed E-state index contributed by atoms with van der Waals surface area (Å²) in [5, 5.41) is 4.20. The van der Waals surface area contributed by atoms with Crippen molar-refractivity contribution in [1.29, 1.82) is 0 Å². The molecule has 16 heavy (non-hydrogen) atoms. The number of hydrogen-bond acceptors (Lipinski definition) is 2. The van der Waals surface area contributed by atoms with Crippen LogP contribution in [0.25, 0.3) is 0 Å². The van der Waals surface area contributed by atoms with Gasteiger partial charge in [0.2, 0.25) is 0 Å². The zero-order valence-corrected chi connectivity index (χ0v) is 11.6. The second-order valence-corrected chi connectivity index (χ2v) is 4.88. The first-order chi connectivity index (χ1) is 7.75. The molecule has 0 aliphatic rings. The Bertz CT molecular complexity index is 456. The lowest BCUT2D eigenvalue weighted by molar-refractivity contribution is 0.0544. The third-order valence-corrected chi connectivity index (χ3v) is 3.05. The van der Waals surface area contributed by atoms with E-state index < -0.39 is 0 Å². The summed E-state index contributed by atoms with van der Waals surface area (Å²) < 4.78 is 8.98. The van der Waals surface area contributed by atoms with Crippen LogP contribution in [0.1, 0.15) is 5.56 Å².